The maximum absolute atomic E-state index is 13.0. The second kappa shape index (κ2) is 11.2. The van der Waals surface area contributed by atoms with Crippen molar-refractivity contribution >= 4 is 28.6 Å². The number of carbonyl (C=O) groups is 1. The number of alkyl halides is 3. The highest BCUT2D eigenvalue weighted by Crippen LogP contribution is 2.31. The molecule has 0 unspecified atom stereocenters. The first-order chi connectivity index (χ1) is 19.1. The monoisotopic (exact) mass is 552 g/mol. The van der Waals surface area contributed by atoms with Crippen molar-refractivity contribution in [3.05, 3.63) is 65.4 Å². The Labute approximate surface area is 229 Å². The van der Waals surface area contributed by atoms with Gasteiger partial charge in [0.15, 0.2) is 5.82 Å². The Morgan fingerprint density at radius 3 is 2.62 bits per heavy atom. The van der Waals surface area contributed by atoms with E-state index in [1.165, 1.54) is 12.1 Å². The zero-order chi connectivity index (χ0) is 28.4. The predicted molar refractivity (Wildman–Crippen MR) is 147 cm³/mol. The van der Waals surface area contributed by atoms with Gasteiger partial charge >= 0.3 is 6.18 Å². The van der Waals surface area contributed by atoms with Gasteiger partial charge in [-0.05, 0) is 61.4 Å². The van der Waals surface area contributed by atoms with Crippen molar-refractivity contribution in [2.75, 3.05) is 10.6 Å². The quantitative estimate of drug-likeness (QED) is 0.279. The Morgan fingerprint density at radius 2 is 1.90 bits per heavy atom. The Balaban J connectivity index is 1.33. The molecule has 210 valence electrons. The number of nitrogens with zero attached hydrogens (tertiary/aromatic N) is 4. The number of rotatable bonds is 7. The lowest BCUT2D eigenvalue weighted by Gasteiger charge is -2.26. The number of aromatic nitrogens is 4. The fraction of sp³-hybridized carbons (Fsp3) is 0.379. The maximum atomic E-state index is 13.0. The number of hydrogen-bond acceptors (Lipinski definition) is 6. The zero-order valence-electron chi connectivity index (χ0n) is 22.3. The fourth-order valence-electron chi connectivity index (χ4n) is 5.14. The van der Waals surface area contributed by atoms with E-state index >= 15 is 0 Å². The van der Waals surface area contributed by atoms with Gasteiger partial charge in [-0.25, -0.2) is 9.97 Å². The van der Waals surface area contributed by atoms with Crippen LogP contribution in [0.2, 0.25) is 0 Å². The molecule has 1 aliphatic carbocycles. The van der Waals surface area contributed by atoms with E-state index in [2.05, 4.69) is 27.6 Å². The number of hydrogen-bond donors (Lipinski definition) is 3. The molecule has 0 aliphatic heterocycles. The van der Waals surface area contributed by atoms with Crippen molar-refractivity contribution in [2.45, 2.75) is 63.8 Å². The average molecular weight is 553 g/mol. The van der Waals surface area contributed by atoms with Gasteiger partial charge in [0, 0.05) is 36.3 Å². The summed E-state index contributed by atoms with van der Waals surface area (Å²) >= 11 is 0. The van der Waals surface area contributed by atoms with Crippen molar-refractivity contribution in [1.82, 2.24) is 19.7 Å². The Hall–Kier alpha value is -3.99. The van der Waals surface area contributed by atoms with Crippen LogP contribution >= 0.6 is 0 Å². The SMILES string of the molecule is CCc1cc(-c2cc(NC(=O)Cc3cccc(C(F)(F)F)c3)nn2C)cc2cnc(NC3CCC(O)CC3)nc12. The number of aliphatic hydroxyl groups excluding tert-OH is 1. The number of fused-ring (bicyclic) bond motifs is 1. The molecule has 2 aromatic carbocycles. The highest BCUT2D eigenvalue weighted by Gasteiger charge is 2.30. The third kappa shape index (κ3) is 6.25. The maximum Gasteiger partial charge on any atom is 0.416 e. The van der Waals surface area contributed by atoms with Gasteiger partial charge in [0.2, 0.25) is 11.9 Å². The lowest BCUT2D eigenvalue weighted by Crippen LogP contribution is -2.28. The van der Waals surface area contributed by atoms with Crippen molar-refractivity contribution in [3.63, 3.8) is 0 Å². The van der Waals surface area contributed by atoms with Crippen LogP contribution in [0.15, 0.2) is 48.7 Å². The van der Waals surface area contributed by atoms with Gasteiger partial charge in [0.05, 0.1) is 29.3 Å². The minimum Gasteiger partial charge on any atom is -0.393 e. The van der Waals surface area contributed by atoms with Crippen molar-refractivity contribution in [2.24, 2.45) is 7.05 Å². The van der Waals surface area contributed by atoms with Gasteiger partial charge < -0.3 is 15.7 Å². The molecule has 0 spiro atoms. The molecule has 5 rings (SSSR count). The number of aryl methyl sites for hydroxylation is 2. The van der Waals surface area contributed by atoms with Gasteiger partial charge in [-0.1, -0.05) is 25.1 Å². The zero-order valence-corrected chi connectivity index (χ0v) is 22.3. The highest BCUT2D eigenvalue weighted by atomic mass is 19.4. The molecular weight excluding hydrogens is 521 g/mol. The highest BCUT2D eigenvalue weighted by molar-refractivity contribution is 5.92. The first-order valence-electron chi connectivity index (χ1n) is 13.3. The summed E-state index contributed by atoms with van der Waals surface area (Å²) in [5, 5.41) is 21.1. The lowest BCUT2D eigenvalue weighted by molar-refractivity contribution is -0.137. The smallest absolute Gasteiger partial charge is 0.393 e. The third-order valence-electron chi connectivity index (χ3n) is 7.23. The Morgan fingerprint density at radius 1 is 1.12 bits per heavy atom. The first-order valence-corrected chi connectivity index (χ1v) is 13.3. The molecule has 1 fully saturated rings. The normalized spacial score (nSPS) is 17.6. The number of anilines is 2. The molecule has 8 nitrogen and oxygen atoms in total. The van der Waals surface area contributed by atoms with E-state index in [0.29, 0.717) is 11.8 Å². The van der Waals surface area contributed by atoms with Crippen molar-refractivity contribution in [3.8, 4) is 11.3 Å². The summed E-state index contributed by atoms with van der Waals surface area (Å²) in [6.07, 6.45) is 0.928. The molecular formula is C29H31F3N6O2. The molecule has 2 aromatic heterocycles. The van der Waals surface area contributed by atoms with Gasteiger partial charge in [-0.2, -0.15) is 18.3 Å². The summed E-state index contributed by atoms with van der Waals surface area (Å²) in [4.78, 5) is 21.9. The van der Waals surface area contributed by atoms with Crippen LogP contribution in [0.3, 0.4) is 0 Å². The second-order valence-electron chi connectivity index (χ2n) is 10.2. The molecule has 11 heteroatoms. The van der Waals surface area contributed by atoms with Gasteiger partial charge in [-0.15, -0.1) is 0 Å². The second-order valence-corrected chi connectivity index (χ2v) is 10.2. The van der Waals surface area contributed by atoms with Gasteiger partial charge in [0.1, 0.15) is 0 Å². The molecule has 1 amide bonds. The number of carbonyl (C=O) groups excluding carboxylic acids is 1. The van der Waals surface area contributed by atoms with Gasteiger partial charge in [-0.3, -0.25) is 9.48 Å². The largest absolute Gasteiger partial charge is 0.416 e. The summed E-state index contributed by atoms with van der Waals surface area (Å²) in [5.41, 5.74) is 3.00. The number of amides is 1. The molecule has 0 bridgehead atoms. The van der Waals surface area contributed by atoms with E-state index in [9.17, 15) is 23.1 Å². The number of aliphatic hydroxyl groups is 1. The molecule has 0 radical (unpaired) electrons. The standard InChI is InChI=1S/C29H31F3N6O2/c1-3-18-13-19(14-20-16-33-28(36-27(18)20)34-22-7-9-23(39)10-8-22)24-15-25(37-38(24)2)35-26(40)12-17-5-4-6-21(11-17)29(30,31)32/h4-6,11,13-16,22-23,39H,3,7-10,12H2,1-2H3,(H,33,34,36)(H,35,37,40). The summed E-state index contributed by atoms with van der Waals surface area (Å²) in [6.45, 7) is 2.05. The van der Waals surface area contributed by atoms with Crippen LogP contribution in [0.1, 0.15) is 49.3 Å². The number of benzene rings is 2. The first kappa shape index (κ1) is 27.6. The molecule has 1 saturated carbocycles. The average Bonchev–Trinajstić information content (AvgIpc) is 3.28. The van der Waals surface area contributed by atoms with Crippen LogP contribution in [0.4, 0.5) is 24.9 Å². The van der Waals surface area contributed by atoms with E-state index in [1.807, 2.05) is 12.1 Å². The number of halogens is 3. The van der Waals surface area contributed by atoms with Crippen LogP contribution < -0.4 is 10.6 Å². The van der Waals surface area contributed by atoms with E-state index in [1.54, 1.807) is 24.0 Å². The van der Waals surface area contributed by atoms with Crippen molar-refractivity contribution < 1.29 is 23.1 Å². The van der Waals surface area contributed by atoms with E-state index in [4.69, 9.17) is 4.98 Å². The molecule has 0 saturated heterocycles. The summed E-state index contributed by atoms with van der Waals surface area (Å²) in [5.74, 6) is 0.418. The Bertz CT molecular complexity index is 1530. The Kier molecular flexibility index (Phi) is 7.75. The summed E-state index contributed by atoms with van der Waals surface area (Å²) < 4.78 is 40.7. The van der Waals surface area contributed by atoms with Crippen LogP contribution in [-0.4, -0.2) is 42.9 Å². The number of nitrogens with one attached hydrogen (secondary N) is 2. The van der Waals surface area contributed by atoms with Crippen LogP contribution in [0.5, 0.6) is 0 Å². The summed E-state index contributed by atoms with van der Waals surface area (Å²) in [6, 6.07) is 10.7. The molecule has 3 N–H and O–H groups in total. The van der Waals surface area contributed by atoms with Crippen LogP contribution in [-0.2, 0) is 30.9 Å². The predicted octanol–water partition coefficient (Wildman–Crippen LogP) is 5.51. The molecule has 2 heterocycles. The topological polar surface area (TPSA) is 105 Å². The van der Waals surface area contributed by atoms with E-state index < -0.39 is 17.6 Å². The lowest BCUT2D eigenvalue weighted by atomic mass is 9.93. The molecule has 0 atom stereocenters. The van der Waals surface area contributed by atoms with Crippen LogP contribution in [0.25, 0.3) is 22.2 Å². The van der Waals surface area contributed by atoms with E-state index in [-0.39, 0.29) is 24.1 Å². The van der Waals surface area contributed by atoms with Crippen molar-refractivity contribution in [1.29, 1.82) is 0 Å². The minimum absolute atomic E-state index is 0.207. The minimum atomic E-state index is -4.47. The van der Waals surface area contributed by atoms with Crippen LogP contribution in [0, 0.1) is 0 Å². The van der Waals surface area contributed by atoms with Gasteiger partial charge in [0.25, 0.3) is 0 Å². The fourth-order valence-corrected chi connectivity index (χ4v) is 5.14. The van der Waals surface area contributed by atoms with E-state index in [0.717, 1.165) is 72.0 Å². The molecule has 1 aliphatic rings. The third-order valence-corrected chi connectivity index (χ3v) is 7.23. The molecule has 40 heavy (non-hydrogen) atoms. The molecule has 4 aromatic rings. The summed E-state index contributed by atoms with van der Waals surface area (Å²) in [7, 11) is 1.76.